The third-order valence-corrected chi connectivity index (χ3v) is 2.64. The molecule has 13 heavy (non-hydrogen) atoms. The Kier molecular flexibility index (Phi) is 4.90. The van der Waals surface area contributed by atoms with E-state index in [-0.39, 0.29) is 0 Å². The van der Waals surface area contributed by atoms with E-state index in [0.29, 0.717) is 6.67 Å². The Labute approximate surface area is 83.9 Å². The molecule has 0 atom stereocenters. The van der Waals surface area contributed by atoms with Crippen LogP contribution in [0.5, 0.6) is 0 Å². The van der Waals surface area contributed by atoms with Crippen molar-refractivity contribution in [2.24, 2.45) is 5.73 Å². The van der Waals surface area contributed by atoms with E-state index in [0.717, 1.165) is 13.0 Å². The van der Waals surface area contributed by atoms with E-state index in [4.69, 9.17) is 5.73 Å². The Hall–Kier alpha value is -0.510. The smallest absolute Gasteiger partial charge is 0.0428 e. The Balaban J connectivity index is 2.40. The SMILES string of the molecule is CSc1ccc(CCNCN)cc1. The van der Waals surface area contributed by atoms with Crippen molar-refractivity contribution in [1.29, 1.82) is 0 Å². The van der Waals surface area contributed by atoms with Gasteiger partial charge < -0.3 is 11.1 Å². The molecule has 3 heteroatoms. The molecule has 0 spiro atoms. The van der Waals surface area contributed by atoms with Gasteiger partial charge >= 0.3 is 0 Å². The molecule has 3 N–H and O–H groups in total. The maximum absolute atomic E-state index is 5.32. The molecule has 1 aromatic rings. The predicted octanol–water partition coefficient (Wildman–Crippen LogP) is 1.46. The minimum Gasteiger partial charge on any atom is -0.318 e. The van der Waals surface area contributed by atoms with E-state index in [9.17, 15) is 0 Å². The van der Waals surface area contributed by atoms with E-state index >= 15 is 0 Å². The molecule has 0 aliphatic rings. The minimum absolute atomic E-state index is 0.558. The summed E-state index contributed by atoms with van der Waals surface area (Å²) in [7, 11) is 0. The van der Waals surface area contributed by atoms with Gasteiger partial charge in [-0.1, -0.05) is 12.1 Å². The zero-order valence-corrected chi connectivity index (χ0v) is 8.73. The van der Waals surface area contributed by atoms with Gasteiger partial charge in [0.25, 0.3) is 0 Å². The van der Waals surface area contributed by atoms with Crippen molar-refractivity contribution in [3.8, 4) is 0 Å². The van der Waals surface area contributed by atoms with Gasteiger partial charge in [-0.3, -0.25) is 0 Å². The molecule has 0 heterocycles. The molecule has 0 aromatic heterocycles. The van der Waals surface area contributed by atoms with Gasteiger partial charge in [-0.15, -0.1) is 11.8 Å². The maximum Gasteiger partial charge on any atom is 0.0428 e. The second kappa shape index (κ2) is 6.02. The van der Waals surface area contributed by atoms with Crippen molar-refractivity contribution in [2.75, 3.05) is 19.5 Å². The summed E-state index contributed by atoms with van der Waals surface area (Å²) in [6.07, 6.45) is 3.14. The van der Waals surface area contributed by atoms with Crippen LogP contribution in [0.25, 0.3) is 0 Å². The highest BCUT2D eigenvalue weighted by Crippen LogP contribution is 2.14. The average Bonchev–Trinajstić information content (AvgIpc) is 2.19. The van der Waals surface area contributed by atoms with Crippen LogP contribution in [0.1, 0.15) is 5.56 Å². The van der Waals surface area contributed by atoms with Crippen LogP contribution in [0, 0.1) is 0 Å². The van der Waals surface area contributed by atoms with Crippen molar-refractivity contribution >= 4 is 11.8 Å². The summed E-state index contributed by atoms with van der Waals surface area (Å²) in [4.78, 5) is 1.32. The standard InChI is InChI=1S/C10H16N2S/c1-13-10-4-2-9(3-5-10)6-7-12-8-11/h2-5,12H,6-8,11H2,1H3. The topological polar surface area (TPSA) is 38.0 Å². The van der Waals surface area contributed by atoms with E-state index in [1.54, 1.807) is 11.8 Å². The number of rotatable bonds is 5. The van der Waals surface area contributed by atoms with Crippen LogP contribution in [-0.4, -0.2) is 19.5 Å². The Morgan fingerprint density at radius 1 is 1.31 bits per heavy atom. The summed E-state index contributed by atoms with van der Waals surface area (Å²) in [6.45, 7) is 1.51. The Morgan fingerprint density at radius 2 is 2.00 bits per heavy atom. The summed E-state index contributed by atoms with van der Waals surface area (Å²) in [5.41, 5.74) is 6.68. The second-order valence-corrected chi connectivity index (χ2v) is 3.68. The van der Waals surface area contributed by atoms with Gasteiger partial charge in [0.2, 0.25) is 0 Å². The lowest BCUT2D eigenvalue weighted by Crippen LogP contribution is -2.24. The highest BCUT2D eigenvalue weighted by atomic mass is 32.2. The van der Waals surface area contributed by atoms with Crippen molar-refractivity contribution in [2.45, 2.75) is 11.3 Å². The Morgan fingerprint density at radius 3 is 2.54 bits per heavy atom. The largest absolute Gasteiger partial charge is 0.318 e. The van der Waals surface area contributed by atoms with Crippen LogP contribution in [0.2, 0.25) is 0 Å². The van der Waals surface area contributed by atoms with Crippen molar-refractivity contribution in [3.05, 3.63) is 29.8 Å². The quantitative estimate of drug-likeness (QED) is 0.425. The average molecular weight is 196 g/mol. The van der Waals surface area contributed by atoms with E-state index in [1.165, 1.54) is 10.5 Å². The van der Waals surface area contributed by atoms with Gasteiger partial charge in [-0.05, 0) is 30.4 Å². The summed E-state index contributed by atoms with van der Waals surface area (Å²) in [5.74, 6) is 0. The van der Waals surface area contributed by atoms with Gasteiger partial charge in [0.15, 0.2) is 0 Å². The zero-order chi connectivity index (χ0) is 9.52. The summed E-state index contributed by atoms with van der Waals surface area (Å²) in [5, 5.41) is 3.10. The monoisotopic (exact) mass is 196 g/mol. The van der Waals surface area contributed by atoms with Crippen LogP contribution in [0.4, 0.5) is 0 Å². The molecule has 0 aliphatic heterocycles. The molecule has 0 amide bonds. The normalized spacial score (nSPS) is 10.3. The molecule has 0 aliphatic carbocycles. The highest BCUT2D eigenvalue weighted by molar-refractivity contribution is 7.98. The molecule has 0 fully saturated rings. The number of hydrogen-bond acceptors (Lipinski definition) is 3. The Bertz CT molecular complexity index is 233. The number of thioether (sulfide) groups is 1. The molecule has 2 nitrogen and oxygen atoms in total. The first kappa shape index (κ1) is 10.6. The van der Waals surface area contributed by atoms with E-state index < -0.39 is 0 Å². The molecule has 0 radical (unpaired) electrons. The molecular formula is C10H16N2S. The van der Waals surface area contributed by atoms with Gasteiger partial charge in [0, 0.05) is 18.1 Å². The first-order valence-corrected chi connectivity index (χ1v) is 5.63. The molecule has 72 valence electrons. The number of hydrogen-bond donors (Lipinski definition) is 2. The van der Waals surface area contributed by atoms with Gasteiger partial charge in [-0.25, -0.2) is 0 Å². The fraction of sp³-hybridized carbons (Fsp3) is 0.400. The molecule has 1 rings (SSSR count). The van der Waals surface area contributed by atoms with Crippen molar-refractivity contribution in [3.63, 3.8) is 0 Å². The van der Waals surface area contributed by atoms with E-state index in [1.807, 2.05) is 0 Å². The van der Waals surface area contributed by atoms with Crippen LogP contribution in [-0.2, 0) is 6.42 Å². The minimum atomic E-state index is 0.558. The number of nitrogens with two attached hydrogens (primary N) is 1. The molecular weight excluding hydrogens is 180 g/mol. The number of nitrogens with one attached hydrogen (secondary N) is 1. The molecule has 1 aromatic carbocycles. The second-order valence-electron chi connectivity index (χ2n) is 2.80. The van der Waals surface area contributed by atoms with Crippen molar-refractivity contribution < 1.29 is 0 Å². The third kappa shape index (κ3) is 3.81. The van der Waals surface area contributed by atoms with Crippen LogP contribution in [0.15, 0.2) is 29.2 Å². The van der Waals surface area contributed by atoms with Crippen molar-refractivity contribution in [1.82, 2.24) is 5.32 Å². The van der Waals surface area contributed by atoms with Gasteiger partial charge in [0.1, 0.15) is 0 Å². The summed E-state index contributed by atoms with van der Waals surface area (Å²) >= 11 is 1.77. The van der Waals surface area contributed by atoms with Crippen LogP contribution >= 0.6 is 11.8 Å². The first-order chi connectivity index (χ1) is 6.36. The summed E-state index contributed by atoms with van der Waals surface area (Å²) in [6, 6.07) is 8.65. The number of benzene rings is 1. The van der Waals surface area contributed by atoms with E-state index in [2.05, 4.69) is 35.8 Å². The molecule has 0 saturated carbocycles. The maximum atomic E-state index is 5.32. The molecule has 0 unspecified atom stereocenters. The molecule has 0 bridgehead atoms. The highest BCUT2D eigenvalue weighted by Gasteiger charge is 1.92. The lowest BCUT2D eigenvalue weighted by molar-refractivity contribution is 0.701. The van der Waals surface area contributed by atoms with Gasteiger partial charge in [0.05, 0.1) is 0 Å². The third-order valence-electron chi connectivity index (χ3n) is 1.89. The lowest BCUT2D eigenvalue weighted by atomic mass is 10.1. The van der Waals surface area contributed by atoms with Crippen LogP contribution in [0.3, 0.4) is 0 Å². The fourth-order valence-corrected chi connectivity index (χ4v) is 1.54. The fourth-order valence-electron chi connectivity index (χ4n) is 1.13. The predicted molar refractivity (Wildman–Crippen MR) is 59.0 cm³/mol. The zero-order valence-electron chi connectivity index (χ0n) is 7.92. The summed E-state index contributed by atoms with van der Waals surface area (Å²) < 4.78 is 0. The lowest BCUT2D eigenvalue weighted by Gasteiger charge is -2.02. The van der Waals surface area contributed by atoms with Crippen LogP contribution < -0.4 is 11.1 Å². The molecule has 0 saturated heterocycles. The first-order valence-electron chi connectivity index (χ1n) is 4.40. The van der Waals surface area contributed by atoms with Gasteiger partial charge in [-0.2, -0.15) is 0 Å².